The zero-order valence-corrected chi connectivity index (χ0v) is 14.4. The van der Waals surface area contributed by atoms with Gasteiger partial charge in [0.2, 0.25) is 0 Å². The van der Waals surface area contributed by atoms with Gasteiger partial charge in [-0.2, -0.15) is 10.4 Å². The molecule has 1 aromatic carbocycles. The van der Waals surface area contributed by atoms with Crippen LogP contribution >= 0.6 is 0 Å². The quantitative estimate of drug-likeness (QED) is 0.714. The molecule has 0 radical (unpaired) electrons. The van der Waals surface area contributed by atoms with Crippen molar-refractivity contribution in [3.05, 3.63) is 47.0 Å². The maximum Gasteiger partial charge on any atom is 0.200 e. The van der Waals surface area contributed by atoms with Gasteiger partial charge >= 0.3 is 0 Å². The highest BCUT2D eigenvalue weighted by Crippen LogP contribution is 2.32. The van der Waals surface area contributed by atoms with Crippen LogP contribution in [-0.2, 0) is 0 Å². The molecule has 0 unspecified atom stereocenters. The van der Waals surface area contributed by atoms with E-state index in [1.165, 1.54) is 0 Å². The fraction of sp³-hybridized carbons (Fsp3) is 0.368. The summed E-state index contributed by atoms with van der Waals surface area (Å²) in [5.41, 5.74) is 4.02. The van der Waals surface area contributed by atoms with Crippen LogP contribution in [0.3, 0.4) is 0 Å². The van der Waals surface area contributed by atoms with E-state index in [0.29, 0.717) is 11.4 Å². The van der Waals surface area contributed by atoms with E-state index in [2.05, 4.69) is 26.2 Å². The Bertz CT molecular complexity index is 939. The molecule has 3 aromatic rings. The molecular formula is C19H19N5O. The molecule has 0 aliphatic carbocycles. The van der Waals surface area contributed by atoms with Gasteiger partial charge in [-0.05, 0) is 44.4 Å². The van der Waals surface area contributed by atoms with Crippen LogP contribution in [-0.4, -0.2) is 28.3 Å². The molecule has 0 spiro atoms. The summed E-state index contributed by atoms with van der Waals surface area (Å²) in [6.45, 7) is 5.40. The van der Waals surface area contributed by atoms with E-state index >= 15 is 0 Å². The molecule has 3 heterocycles. The highest BCUT2D eigenvalue weighted by molar-refractivity contribution is 5.72. The predicted molar refractivity (Wildman–Crippen MR) is 94.4 cm³/mol. The van der Waals surface area contributed by atoms with Crippen molar-refractivity contribution >= 4 is 16.9 Å². The lowest BCUT2D eigenvalue weighted by atomic mass is 9.97. The maximum absolute atomic E-state index is 9.56. The van der Waals surface area contributed by atoms with Crippen LogP contribution in [0.15, 0.2) is 28.7 Å². The van der Waals surface area contributed by atoms with Gasteiger partial charge in [0, 0.05) is 13.1 Å². The van der Waals surface area contributed by atoms with Crippen molar-refractivity contribution in [2.24, 2.45) is 0 Å². The van der Waals surface area contributed by atoms with Gasteiger partial charge < -0.3 is 9.32 Å². The van der Waals surface area contributed by atoms with E-state index < -0.39 is 0 Å². The summed E-state index contributed by atoms with van der Waals surface area (Å²) in [5, 5.41) is 18.1. The van der Waals surface area contributed by atoms with Crippen molar-refractivity contribution in [2.45, 2.75) is 32.6 Å². The van der Waals surface area contributed by atoms with Gasteiger partial charge in [-0.1, -0.05) is 12.1 Å². The summed E-state index contributed by atoms with van der Waals surface area (Å²) in [6, 6.07) is 10.1. The maximum atomic E-state index is 9.56. The van der Waals surface area contributed by atoms with Gasteiger partial charge in [0.15, 0.2) is 17.3 Å². The standard InChI is InChI=1S/C19H19N5O/c1-12-13(2)22-23-18(15(12)10-20)24-9-5-6-14(11-24)19-21-16-7-3-4-8-17(16)25-19/h3-4,7-8,14H,5-6,9,11H2,1-2H3/t14-/m0/s1. The first-order chi connectivity index (χ1) is 12.2. The monoisotopic (exact) mass is 333 g/mol. The Morgan fingerprint density at radius 3 is 2.88 bits per heavy atom. The number of rotatable bonds is 2. The average molecular weight is 333 g/mol. The molecule has 6 nitrogen and oxygen atoms in total. The number of hydrogen-bond donors (Lipinski definition) is 0. The summed E-state index contributed by atoms with van der Waals surface area (Å²) in [4.78, 5) is 6.78. The van der Waals surface area contributed by atoms with Crippen LogP contribution in [0.25, 0.3) is 11.1 Å². The highest BCUT2D eigenvalue weighted by atomic mass is 16.3. The van der Waals surface area contributed by atoms with Gasteiger partial charge in [0.25, 0.3) is 0 Å². The fourth-order valence-corrected chi connectivity index (χ4v) is 3.39. The summed E-state index contributed by atoms with van der Waals surface area (Å²) < 4.78 is 5.95. The van der Waals surface area contributed by atoms with Crippen molar-refractivity contribution in [2.75, 3.05) is 18.0 Å². The third kappa shape index (κ3) is 2.72. The molecule has 1 saturated heterocycles. The molecule has 2 aromatic heterocycles. The number of benzene rings is 1. The number of piperidine rings is 1. The fourth-order valence-electron chi connectivity index (χ4n) is 3.39. The van der Waals surface area contributed by atoms with Crippen molar-refractivity contribution in [1.82, 2.24) is 15.2 Å². The van der Waals surface area contributed by atoms with Gasteiger partial charge in [0.05, 0.1) is 11.6 Å². The minimum atomic E-state index is 0.191. The Balaban J connectivity index is 1.65. The lowest BCUT2D eigenvalue weighted by molar-refractivity contribution is 0.411. The Kier molecular flexibility index (Phi) is 3.85. The molecule has 0 N–H and O–H groups in total. The molecule has 1 aliphatic heterocycles. The predicted octanol–water partition coefficient (Wildman–Crippen LogP) is 3.49. The zero-order valence-electron chi connectivity index (χ0n) is 14.4. The van der Waals surface area contributed by atoms with Crippen molar-refractivity contribution in [3.63, 3.8) is 0 Å². The number of fused-ring (bicyclic) bond motifs is 1. The Labute approximate surface area is 146 Å². The van der Waals surface area contributed by atoms with Gasteiger partial charge in [-0.15, -0.1) is 5.10 Å². The van der Waals surface area contributed by atoms with Crippen LogP contribution in [0.4, 0.5) is 5.82 Å². The second-order valence-electron chi connectivity index (χ2n) is 6.53. The first-order valence-corrected chi connectivity index (χ1v) is 8.51. The minimum Gasteiger partial charge on any atom is -0.440 e. The van der Waals surface area contributed by atoms with Gasteiger partial charge in [-0.3, -0.25) is 0 Å². The largest absolute Gasteiger partial charge is 0.440 e. The summed E-state index contributed by atoms with van der Waals surface area (Å²) in [6.07, 6.45) is 2.02. The van der Waals surface area contributed by atoms with E-state index in [1.54, 1.807) is 0 Å². The van der Waals surface area contributed by atoms with E-state index in [0.717, 1.165) is 54.2 Å². The van der Waals surface area contributed by atoms with E-state index in [-0.39, 0.29) is 5.92 Å². The molecule has 0 amide bonds. The normalized spacial score (nSPS) is 17.6. The number of anilines is 1. The molecule has 1 aliphatic rings. The number of aromatic nitrogens is 3. The molecular weight excluding hydrogens is 314 g/mol. The Hall–Kier alpha value is -2.94. The number of nitrogens with zero attached hydrogens (tertiary/aromatic N) is 5. The molecule has 4 rings (SSSR count). The molecule has 1 atom stereocenters. The van der Waals surface area contributed by atoms with Crippen LogP contribution < -0.4 is 4.90 Å². The van der Waals surface area contributed by atoms with Crippen LogP contribution in [0.5, 0.6) is 0 Å². The first kappa shape index (κ1) is 15.6. The number of hydrogen-bond acceptors (Lipinski definition) is 6. The van der Waals surface area contributed by atoms with Crippen molar-refractivity contribution < 1.29 is 4.42 Å². The van der Waals surface area contributed by atoms with Crippen molar-refractivity contribution in [1.29, 1.82) is 5.26 Å². The summed E-state index contributed by atoms with van der Waals surface area (Å²) in [5.74, 6) is 1.63. The zero-order chi connectivity index (χ0) is 17.4. The van der Waals surface area contributed by atoms with E-state index in [4.69, 9.17) is 4.42 Å². The second-order valence-corrected chi connectivity index (χ2v) is 6.53. The third-order valence-corrected chi connectivity index (χ3v) is 4.93. The third-order valence-electron chi connectivity index (χ3n) is 4.93. The van der Waals surface area contributed by atoms with E-state index in [1.807, 2.05) is 38.1 Å². The number of aryl methyl sites for hydroxylation is 1. The molecule has 1 fully saturated rings. The van der Waals surface area contributed by atoms with Gasteiger partial charge in [-0.25, -0.2) is 4.98 Å². The number of nitriles is 1. The van der Waals surface area contributed by atoms with Crippen LogP contribution in [0.2, 0.25) is 0 Å². The molecule has 0 saturated carbocycles. The lowest BCUT2D eigenvalue weighted by Crippen LogP contribution is -2.36. The minimum absolute atomic E-state index is 0.191. The molecule has 25 heavy (non-hydrogen) atoms. The van der Waals surface area contributed by atoms with E-state index in [9.17, 15) is 5.26 Å². The topological polar surface area (TPSA) is 78.8 Å². The lowest BCUT2D eigenvalue weighted by Gasteiger charge is -2.32. The SMILES string of the molecule is Cc1nnc(N2CCC[C@H](c3nc4ccccc4o3)C2)c(C#N)c1C. The van der Waals surface area contributed by atoms with Gasteiger partial charge in [0.1, 0.15) is 17.1 Å². The Morgan fingerprint density at radius 1 is 1.24 bits per heavy atom. The summed E-state index contributed by atoms with van der Waals surface area (Å²) >= 11 is 0. The molecule has 126 valence electrons. The molecule has 0 bridgehead atoms. The number of oxazole rings is 1. The first-order valence-electron chi connectivity index (χ1n) is 8.51. The molecule has 6 heteroatoms. The van der Waals surface area contributed by atoms with Crippen molar-refractivity contribution in [3.8, 4) is 6.07 Å². The average Bonchev–Trinajstić information content (AvgIpc) is 3.08. The summed E-state index contributed by atoms with van der Waals surface area (Å²) in [7, 11) is 0. The smallest absolute Gasteiger partial charge is 0.200 e. The highest BCUT2D eigenvalue weighted by Gasteiger charge is 2.28. The number of para-hydroxylation sites is 2. The second kappa shape index (κ2) is 6.17. The van der Waals surface area contributed by atoms with Crippen LogP contribution in [0.1, 0.15) is 41.5 Å². The Morgan fingerprint density at radius 2 is 2.08 bits per heavy atom. The van der Waals surface area contributed by atoms with Crippen LogP contribution in [0, 0.1) is 25.2 Å².